The molecule has 1 atom stereocenters. The average Bonchev–Trinajstić information content (AvgIpc) is 3.17. The minimum Gasteiger partial charge on any atom is -0.475 e. The van der Waals surface area contributed by atoms with Crippen molar-refractivity contribution in [1.29, 1.82) is 0 Å². The second kappa shape index (κ2) is 6.67. The van der Waals surface area contributed by atoms with E-state index in [0.29, 0.717) is 12.4 Å². The maximum atomic E-state index is 12.7. The Morgan fingerprint density at radius 1 is 1.15 bits per heavy atom. The van der Waals surface area contributed by atoms with Gasteiger partial charge in [0.1, 0.15) is 4.90 Å². The highest BCUT2D eigenvalue weighted by molar-refractivity contribution is 7.89. The van der Waals surface area contributed by atoms with Crippen LogP contribution in [0.15, 0.2) is 53.6 Å². The molecular weight excluding hydrogens is 348 g/mol. The number of pyridine rings is 1. The summed E-state index contributed by atoms with van der Waals surface area (Å²) in [6.45, 7) is 8.51. The zero-order valence-corrected chi connectivity index (χ0v) is 16.5. The third-order valence-corrected chi connectivity index (χ3v) is 6.57. The van der Waals surface area contributed by atoms with E-state index < -0.39 is 10.0 Å². The van der Waals surface area contributed by atoms with E-state index >= 15 is 0 Å². The zero-order chi connectivity index (χ0) is 19.0. The van der Waals surface area contributed by atoms with Gasteiger partial charge in [-0.05, 0) is 37.3 Å². The lowest BCUT2D eigenvalue weighted by atomic mass is 9.88. The van der Waals surface area contributed by atoms with Crippen LogP contribution >= 0.6 is 0 Å². The van der Waals surface area contributed by atoms with Gasteiger partial charge in [-0.25, -0.2) is 18.1 Å². The molecule has 0 saturated heterocycles. The lowest BCUT2D eigenvalue weighted by Gasteiger charge is -2.22. The first kappa shape index (κ1) is 18.9. The maximum Gasteiger partial charge on any atom is 0.242 e. The van der Waals surface area contributed by atoms with E-state index in [1.165, 1.54) is 17.8 Å². The van der Waals surface area contributed by atoms with E-state index in [-0.39, 0.29) is 21.8 Å². The first-order valence-corrected chi connectivity index (χ1v) is 10.3. The van der Waals surface area contributed by atoms with Gasteiger partial charge in [0, 0.05) is 18.0 Å². The molecule has 1 aliphatic rings. The Morgan fingerprint density at radius 2 is 1.81 bits per heavy atom. The summed E-state index contributed by atoms with van der Waals surface area (Å²) >= 11 is 0. The summed E-state index contributed by atoms with van der Waals surface area (Å²) in [4.78, 5) is 4.24. The molecule has 5 nitrogen and oxygen atoms in total. The van der Waals surface area contributed by atoms with Crippen LogP contribution in [0, 0.1) is 5.41 Å². The molecule has 0 bridgehead atoms. The Bertz CT molecular complexity index is 862. The Labute approximate surface area is 155 Å². The fourth-order valence-corrected chi connectivity index (χ4v) is 4.54. The summed E-state index contributed by atoms with van der Waals surface area (Å²) in [7, 11) is -3.62. The van der Waals surface area contributed by atoms with Crippen molar-refractivity contribution >= 4 is 10.0 Å². The molecule has 0 amide bonds. The summed E-state index contributed by atoms with van der Waals surface area (Å²) < 4.78 is 33.6. The topological polar surface area (TPSA) is 68.3 Å². The van der Waals surface area contributed by atoms with Gasteiger partial charge in [0.15, 0.2) is 0 Å². The Kier molecular flexibility index (Phi) is 4.84. The number of rotatable bonds is 7. The van der Waals surface area contributed by atoms with Crippen molar-refractivity contribution in [1.82, 2.24) is 9.71 Å². The van der Waals surface area contributed by atoms with Gasteiger partial charge in [-0.15, -0.1) is 0 Å². The van der Waals surface area contributed by atoms with Gasteiger partial charge in [0.25, 0.3) is 0 Å². The number of nitrogens with zero attached hydrogens (tertiary/aromatic N) is 1. The summed E-state index contributed by atoms with van der Waals surface area (Å²) in [5.41, 5.74) is 1.06. The third kappa shape index (κ3) is 3.62. The molecule has 1 heterocycles. The average molecular weight is 375 g/mol. The van der Waals surface area contributed by atoms with Gasteiger partial charge < -0.3 is 4.74 Å². The molecule has 6 heteroatoms. The van der Waals surface area contributed by atoms with Crippen molar-refractivity contribution < 1.29 is 13.2 Å². The summed E-state index contributed by atoms with van der Waals surface area (Å²) in [6.07, 6.45) is 2.28. The second-order valence-electron chi connectivity index (χ2n) is 7.83. The molecule has 1 unspecified atom stereocenters. The maximum absolute atomic E-state index is 12.7. The number of ether oxygens (including phenoxy) is 1. The largest absolute Gasteiger partial charge is 0.475 e. The predicted octanol–water partition coefficient (Wildman–Crippen LogP) is 3.52. The highest BCUT2D eigenvalue weighted by Gasteiger charge is 2.61. The molecule has 0 aliphatic heterocycles. The van der Waals surface area contributed by atoms with Crippen LogP contribution in [0.3, 0.4) is 0 Å². The molecule has 2 aromatic rings. The minimum atomic E-state index is -3.62. The van der Waals surface area contributed by atoms with Crippen LogP contribution < -0.4 is 9.46 Å². The Hall–Kier alpha value is -1.92. The molecule has 1 aromatic heterocycles. The van der Waals surface area contributed by atoms with Crippen molar-refractivity contribution in [3.8, 4) is 5.88 Å². The highest BCUT2D eigenvalue weighted by Crippen LogP contribution is 2.63. The van der Waals surface area contributed by atoms with Gasteiger partial charge in [-0.2, -0.15) is 0 Å². The van der Waals surface area contributed by atoms with Crippen molar-refractivity contribution in [2.75, 3.05) is 6.54 Å². The van der Waals surface area contributed by atoms with Crippen molar-refractivity contribution in [2.24, 2.45) is 5.41 Å². The predicted molar refractivity (Wildman–Crippen MR) is 102 cm³/mol. The monoisotopic (exact) mass is 374 g/mol. The second-order valence-corrected chi connectivity index (χ2v) is 9.60. The Balaban J connectivity index is 1.76. The third-order valence-electron chi connectivity index (χ3n) is 5.18. The number of hydrogen-bond acceptors (Lipinski definition) is 4. The number of hydrogen-bond donors (Lipinski definition) is 1. The van der Waals surface area contributed by atoms with Crippen LogP contribution in [-0.2, 0) is 15.4 Å². The lowest BCUT2D eigenvalue weighted by Crippen LogP contribution is -2.34. The number of benzene rings is 1. The molecular formula is C20H26N2O3S. The molecule has 0 radical (unpaired) electrons. The quantitative estimate of drug-likeness (QED) is 0.805. The van der Waals surface area contributed by atoms with Crippen LogP contribution in [-0.4, -0.2) is 26.1 Å². The summed E-state index contributed by atoms with van der Waals surface area (Å²) in [5, 5.41) is 0. The molecule has 1 fully saturated rings. The smallest absolute Gasteiger partial charge is 0.242 e. The van der Waals surface area contributed by atoms with E-state index in [0.717, 1.165) is 6.42 Å². The van der Waals surface area contributed by atoms with Crippen LogP contribution in [0.5, 0.6) is 5.88 Å². The minimum absolute atomic E-state index is 0.00842. The van der Waals surface area contributed by atoms with Gasteiger partial charge in [-0.3, -0.25) is 0 Å². The van der Waals surface area contributed by atoms with E-state index in [2.05, 4.69) is 35.7 Å². The number of sulfonamides is 1. The normalized spacial score (nSPS) is 21.6. The highest BCUT2D eigenvalue weighted by atomic mass is 32.2. The Morgan fingerprint density at radius 3 is 2.31 bits per heavy atom. The van der Waals surface area contributed by atoms with Gasteiger partial charge in [0.05, 0.1) is 12.3 Å². The summed E-state index contributed by atoms with van der Waals surface area (Å²) in [5.74, 6) is 0.419. The van der Waals surface area contributed by atoms with E-state index in [9.17, 15) is 8.42 Å². The molecule has 3 rings (SSSR count). The van der Waals surface area contributed by atoms with Crippen LogP contribution in [0.2, 0.25) is 0 Å². The zero-order valence-electron chi connectivity index (χ0n) is 15.7. The van der Waals surface area contributed by atoms with Crippen molar-refractivity contribution in [2.45, 2.75) is 50.5 Å². The van der Waals surface area contributed by atoms with Crippen LogP contribution in [0.4, 0.5) is 0 Å². The number of nitrogens with one attached hydrogen (secondary N) is 1. The number of aromatic nitrogens is 1. The standard InChI is InChI=1S/C20H26N2O3S/c1-15(2)25-18-11-10-17(12-21-18)26(23,24)22-14-20(13-19(20,3)4)16-8-6-5-7-9-16/h5-12,15,22H,13-14H2,1-4H3. The molecule has 140 valence electrons. The fourth-order valence-electron chi connectivity index (χ4n) is 3.50. The van der Waals surface area contributed by atoms with E-state index in [1.807, 2.05) is 32.0 Å². The van der Waals surface area contributed by atoms with E-state index in [4.69, 9.17) is 4.74 Å². The lowest BCUT2D eigenvalue weighted by molar-refractivity contribution is 0.232. The molecule has 0 spiro atoms. The van der Waals surface area contributed by atoms with Crippen molar-refractivity contribution in [3.05, 3.63) is 54.2 Å². The molecule has 1 aromatic carbocycles. The summed E-state index contributed by atoms with van der Waals surface area (Å²) in [6, 6.07) is 13.2. The van der Waals surface area contributed by atoms with Crippen molar-refractivity contribution in [3.63, 3.8) is 0 Å². The first-order valence-electron chi connectivity index (χ1n) is 8.84. The van der Waals surface area contributed by atoms with Gasteiger partial charge >= 0.3 is 0 Å². The van der Waals surface area contributed by atoms with E-state index in [1.54, 1.807) is 6.07 Å². The fraction of sp³-hybridized carbons (Fsp3) is 0.450. The molecule has 26 heavy (non-hydrogen) atoms. The molecule has 1 aliphatic carbocycles. The van der Waals surface area contributed by atoms with Crippen LogP contribution in [0.25, 0.3) is 0 Å². The first-order chi connectivity index (χ1) is 12.2. The molecule has 1 saturated carbocycles. The van der Waals surface area contributed by atoms with Gasteiger partial charge in [-0.1, -0.05) is 44.2 Å². The van der Waals surface area contributed by atoms with Gasteiger partial charge in [0.2, 0.25) is 15.9 Å². The van der Waals surface area contributed by atoms with Crippen LogP contribution in [0.1, 0.15) is 39.7 Å². The molecule has 1 N–H and O–H groups in total. The SMILES string of the molecule is CC(C)Oc1ccc(S(=O)(=O)NCC2(c3ccccc3)CC2(C)C)cn1.